The van der Waals surface area contributed by atoms with Crippen LogP contribution in [0.5, 0.6) is 0 Å². The van der Waals surface area contributed by atoms with Gasteiger partial charge in [0, 0.05) is 31.2 Å². The number of nitriles is 1. The number of aromatic nitrogens is 1. The summed E-state index contributed by atoms with van der Waals surface area (Å²) >= 11 is 6.73. The monoisotopic (exact) mass is 516 g/mol. The number of carbonyl (C=O) groups excluding carboxylic acids is 2. The summed E-state index contributed by atoms with van der Waals surface area (Å²) in [5.74, 6) is 0.145. The first-order valence-electron chi connectivity index (χ1n) is 12.1. The number of anilines is 1. The molecular weight excluding hydrogens is 484 g/mol. The Labute approximate surface area is 215 Å². The summed E-state index contributed by atoms with van der Waals surface area (Å²) in [6.07, 6.45) is 3.76. The zero-order valence-electron chi connectivity index (χ0n) is 20.9. The predicted octanol–water partition coefficient (Wildman–Crippen LogP) is 3.83. The van der Waals surface area contributed by atoms with E-state index in [0.29, 0.717) is 65.3 Å². The van der Waals surface area contributed by atoms with Gasteiger partial charge >= 0.3 is 5.97 Å². The van der Waals surface area contributed by atoms with E-state index in [1.165, 1.54) is 11.8 Å². The van der Waals surface area contributed by atoms with Crippen LogP contribution in [0.15, 0.2) is 9.70 Å². The number of nitrogens with zero attached hydrogens (tertiary/aromatic N) is 4. The smallest absolute Gasteiger partial charge is 0.309 e. The maximum atomic E-state index is 13.2. The molecule has 2 saturated heterocycles. The number of piperidine rings is 1. The first-order valence-corrected chi connectivity index (χ1v) is 13.3. The molecule has 1 unspecified atom stereocenters. The maximum absolute atomic E-state index is 13.2. The van der Waals surface area contributed by atoms with Crippen LogP contribution < -0.4 is 10.5 Å². The van der Waals surface area contributed by atoms with Gasteiger partial charge in [-0.2, -0.15) is 5.26 Å². The molecule has 188 valence electrons. The molecule has 8 nitrogen and oxygen atoms in total. The number of thioether (sulfide) groups is 1. The van der Waals surface area contributed by atoms with Crippen molar-refractivity contribution in [2.24, 2.45) is 5.92 Å². The van der Waals surface area contributed by atoms with E-state index in [1.807, 2.05) is 20.8 Å². The van der Waals surface area contributed by atoms with Gasteiger partial charge in [0.2, 0.25) is 0 Å². The summed E-state index contributed by atoms with van der Waals surface area (Å²) in [5, 5.41) is 9.74. The van der Waals surface area contributed by atoms with Crippen molar-refractivity contribution in [3.63, 3.8) is 0 Å². The van der Waals surface area contributed by atoms with Gasteiger partial charge in [-0.3, -0.25) is 23.9 Å². The molecule has 2 fully saturated rings. The Morgan fingerprint density at radius 3 is 2.49 bits per heavy atom. The zero-order valence-corrected chi connectivity index (χ0v) is 22.6. The number of rotatable bonds is 7. The molecule has 3 heterocycles. The van der Waals surface area contributed by atoms with Crippen LogP contribution in [0.25, 0.3) is 6.08 Å². The standard InChI is InChI=1S/C25H32N4O4S2/c1-6-15(4)29-23(31)20(35-25(29)34)13-18-16(5)19(14-26)22(30)28(7-2)21(18)27-11-9-17(10-12-27)24(32)33-8-3/h13,15,17H,6-12H2,1-5H3. The minimum atomic E-state index is -0.348. The number of thiocarbonyl (C=S) groups is 1. The van der Waals surface area contributed by atoms with Crippen LogP contribution in [-0.2, 0) is 20.9 Å². The number of ether oxygens (including phenoxy) is 1. The third-order valence-electron chi connectivity index (χ3n) is 6.71. The average Bonchev–Trinajstić information content (AvgIpc) is 3.13. The molecule has 2 aliphatic heterocycles. The van der Waals surface area contributed by atoms with Gasteiger partial charge in [0.1, 0.15) is 21.8 Å². The second kappa shape index (κ2) is 11.4. The molecule has 0 bridgehead atoms. The van der Waals surface area contributed by atoms with E-state index in [0.717, 1.165) is 6.42 Å². The Hall–Kier alpha value is -2.64. The Morgan fingerprint density at radius 2 is 1.94 bits per heavy atom. The van der Waals surface area contributed by atoms with Gasteiger partial charge in [0.15, 0.2) is 0 Å². The van der Waals surface area contributed by atoms with E-state index < -0.39 is 0 Å². The lowest BCUT2D eigenvalue weighted by atomic mass is 9.95. The lowest BCUT2D eigenvalue weighted by molar-refractivity contribution is -0.148. The third-order valence-corrected chi connectivity index (χ3v) is 8.04. The zero-order chi connectivity index (χ0) is 25.9. The van der Waals surface area contributed by atoms with E-state index in [4.69, 9.17) is 17.0 Å². The molecule has 35 heavy (non-hydrogen) atoms. The number of amides is 1. The van der Waals surface area contributed by atoms with Crippen LogP contribution >= 0.6 is 24.0 Å². The number of hydrogen-bond donors (Lipinski definition) is 0. The van der Waals surface area contributed by atoms with Gasteiger partial charge < -0.3 is 9.64 Å². The number of carbonyl (C=O) groups is 2. The molecule has 1 aromatic rings. The molecule has 0 saturated carbocycles. The SMILES string of the molecule is CCOC(=O)C1CCN(c2c(C=C3SC(=S)N(C(C)CC)C3=O)c(C)c(C#N)c(=O)n2CC)CC1. The summed E-state index contributed by atoms with van der Waals surface area (Å²) in [4.78, 5) is 42.8. The summed E-state index contributed by atoms with van der Waals surface area (Å²) in [6, 6.07) is 2.04. The van der Waals surface area contributed by atoms with Crippen LogP contribution in [0.4, 0.5) is 5.82 Å². The highest BCUT2D eigenvalue weighted by molar-refractivity contribution is 8.26. The molecule has 0 aliphatic carbocycles. The third kappa shape index (κ3) is 5.16. The van der Waals surface area contributed by atoms with E-state index in [-0.39, 0.29) is 35.0 Å². The van der Waals surface area contributed by atoms with Crippen LogP contribution in [0.3, 0.4) is 0 Å². The van der Waals surface area contributed by atoms with E-state index >= 15 is 0 Å². The molecule has 0 radical (unpaired) electrons. The topological polar surface area (TPSA) is 95.6 Å². The van der Waals surface area contributed by atoms with Gasteiger partial charge in [-0.25, -0.2) is 0 Å². The second-order valence-electron chi connectivity index (χ2n) is 8.72. The molecule has 3 rings (SSSR count). The normalized spacial score (nSPS) is 18.8. The van der Waals surface area contributed by atoms with Crippen LogP contribution in [-0.4, -0.2) is 51.4 Å². The van der Waals surface area contributed by atoms with Gasteiger partial charge in [0.05, 0.1) is 17.4 Å². The summed E-state index contributed by atoms with van der Waals surface area (Å²) in [5.41, 5.74) is 0.931. The lowest BCUT2D eigenvalue weighted by Crippen LogP contribution is -2.41. The van der Waals surface area contributed by atoms with Crippen molar-refractivity contribution in [3.8, 4) is 6.07 Å². The van der Waals surface area contributed by atoms with Crippen molar-refractivity contribution < 1.29 is 14.3 Å². The fourth-order valence-corrected chi connectivity index (χ4v) is 5.98. The fourth-order valence-electron chi connectivity index (χ4n) is 4.54. The summed E-state index contributed by atoms with van der Waals surface area (Å²) in [6.45, 7) is 11.2. The van der Waals surface area contributed by atoms with Gasteiger partial charge in [-0.1, -0.05) is 30.9 Å². The quantitative estimate of drug-likeness (QED) is 0.307. The maximum Gasteiger partial charge on any atom is 0.309 e. The second-order valence-corrected chi connectivity index (χ2v) is 10.4. The highest BCUT2D eigenvalue weighted by atomic mass is 32.2. The Bertz CT molecular complexity index is 1160. The molecule has 0 spiro atoms. The largest absolute Gasteiger partial charge is 0.466 e. The summed E-state index contributed by atoms with van der Waals surface area (Å²) < 4.78 is 7.30. The van der Waals surface area contributed by atoms with Crippen molar-refractivity contribution >= 4 is 52.1 Å². The Balaban J connectivity index is 2.10. The van der Waals surface area contributed by atoms with E-state index in [2.05, 4.69) is 11.0 Å². The molecule has 0 aromatic carbocycles. The van der Waals surface area contributed by atoms with Crippen molar-refractivity contribution in [3.05, 3.63) is 31.9 Å². The van der Waals surface area contributed by atoms with Crippen molar-refractivity contribution in [2.75, 3.05) is 24.6 Å². The van der Waals surface area contributed by atoms with Gasteiger partial charge in [-0.15, -0.1) is 0 Å². The minimum Gasteiger partial charge on any atom is -0.466 e. The lowest BCUT2D eigenvalue weighted by Gasteiger charge is -2.35. The summed E-state index contributed by atoms with van der Waals surface area (Å²) in [7, 11) is 0. The molecule has 1 amide bonds. The highest BCUT2D eigenvalue weighted by Gasteiger charge is 2.36. The molecular formula is C25H32N4O4S2. The minimum absolute atomic E-state index is 0.0184. The highest BCUT2D eigenvalue weighted by Crippen LogP contribution is 2.37. The van der Waals surface area contributed by atoms with Crippen LogP contribution in [0, 0.1) is 24.2 Å². The molecule has 10 heteroatoms. The number of pyridine rings is 1. The Morgan fingerprint density at radius 1 is 1.29 bits per heavy atom. The van der Waals surface area contributed by atoms with E-state index in [9.17, 15) is 19.6 Å². The average molecular weight is 517 g/mol. The molecule has 2 aliphatic rings. The first kappa shape index (κ1) is 27.0. The van der Waals surface area contributed by atoms with Gasteiger partial charge in [0.25, 0.3) is 11.5 Å². The Kier molecular flexibility index (Phi) is 8.78. The van der Waals surface area contributed by atoms with E-state index in [1.54, 1.807) is 29.4 Å². The predicted molar refractivity (Wildman–Crippen MR) is 142 cm³/mol. The first-order chi connectivity index (χ1) is 16.7. The molecule has 1 atom stereocenters. The number of hydrogen-bond acceptors (Lipinski definition) is 8. The number of esters is 1. The van der Waals surface area contributed by atoms with Crippen molar-refractivity contribution in [1.82, 2.24) is 9.47 Å². The van der Waals surface area contributed by atoms with Crippen molar-refractivity contribution in [2.45, 2.75) is 66.5 Å². The molecule has 0 N–H and O–H groups in total. The van der Waals surface area contributed by atoms with Crippen LogP contribution in [0.2, 0.25) is 0 Å². The van der Waals surface area contributed by atoms with Gasteiger partial charge in [-0.05, 0) is 58.6 Å². The molecule has 1 aromatic heterocycles. The van der Waals surface area contributed by atoms with Crippen LogP contribution in [0.1, 0.15) is 63.6 Å². The fraction of sp³-hybridized carbons (Fsp3) is 0.560. The van der Waals surface area contributed by atoms with Crippen molar-refractivity contribution in [1.29, 1.82) is 5.26 Å².